The first-order valence-corrected chi connectivity index (χ1v) is 12.1. The number of ether oxygens (including phenoxy) is 1. The van der Waals surface area contributed by atoms with Crippen molar-refractivity contribution in [2.24, 2.45) is 5.92 Å². The summed E-state index contributed by atoms with van der Waals surface area (Å²) in [6.07, 6.45) is 13.2. The summed E-state index contributed by atoms with van der Waals surface area (Å²) >= 11 is 0. The summed E-state index contributed by atoms with van der Waals surface area (Å²) < 4.78 is 5.75. The minimum Gasteiger partial charge on any atom is -0.489 e. The summed E-state index contributed by atoms with van der Waals surface area (Å²) in [7, 11) is 0. The molecular weight excluding hydrogens is 420 g/mol. The first-order chi connectivity index (χ1) is 16.0. The van der Waals surface area contributed by atoms with Gasteiger partial charge in [0.1, 0.15) is 12.4 Å². The van der Waals surface area contributed by atoms with Gasteiger partial charge in [0.15, 0.2) is 0 Å². The van der Waals surface area contributed by atoms with Gasteiger partial charge in [-0.1, -0.05) is 57.6 Å². The van der Waals surface area contributed by atoms with Crippen LogP contribution in [0.25, 0.3) is 0 Å². The van der Waals surface area contributed by atoms with Gasteiger partial charge in [-0.05, 0) is 55.2 Å². The number of hydrogen-bond donors (Lipinski definition) is 0. The molecule has 178 valence electrons. The highest BCUT2D eigenvalue weighted by Crippen LogP contribution is 2.38. The third-order valence-electron chi connectivity index (χ3n) is 6.70. The molecule has 0 aromatic heterocycles. The van der Waals surface area contributed by atoms with Crippen LogP contribution >= 0.6 is 0 Å². The number of non-ortho nitro benzene ring substituents is 2. The first kappa shape index (κ1) is 24.7. The second-order valence-corrected chi connectivity index (χ2v) is 9.15. The second kappa shape index (κ2) is 12.3. The van der Waals surface area contributed by atoms with Crippen LogP contribution in [0.3, 0.4) is 0 Å². The van der Waals surface area contributed by atoms with Crippen LogP contribution in [-0.2, 0) is 6.61 Å². The van der Waals surface area contributed by atoms with Gasteiger partial charge in [0.2, 0.25) is 0 Å². The van der Waals surface area contributed by atoms with Crippen LogP contribution < -0.4 is 4.74 Å². The number of benzene rings is 2. The number of nitro benzene ring substituents is 2. The molecule has 0 radical (unpaired) electrons. The summed E-state index contributed by atoms with van der Waals surface area (Å²) in [6.45, 7) is 2.29. The smallest absolute Gasteiger partial charge is 0.276 e. The van der Waals surface area contributed by atoms with E-state index in [2.05, 4.69) is 19.1 Å². The van der Waals surface area contributed by atoms with E-state index in [0.29, 0.717) is 17.2 Å². The lowest BCUT2D eigenvalue weighted by atomic mass is 9.77. The molecule has 0 bridgehead atoms. The molecule has 0 heterocycles. The zero-order valence-electron chi connectivity index (χ0n) is 19.4. The Kier molecular flexibility index (Phi) is 9.22. The van der Waals surface area contributed by atoms with Crippen LogP contribution in [0.4, 0.5) is 11.4 Å². The number of hydrogen-bond acceptors (Lipinski definition) is 5. The summed E-state index contributed by atoms with van der Waals surface area (Å²) in [5.41, 5.74) is 1.10. The van der Waals surface area contributed by atoms with Crippen molar-refractivity contribution in [3.63, 3.8) is 0 Å². The number of unbranched alkanes of at least 4 members (excludes halogenated alkanes) is 4. The van der Waals surface area contributed by atoms with Crippen LogP contribution in [0.5, 0.6) is 5.75 Å². The van der Waals surface area contributed by atoms with Crippen molar-refractivity contribution in [2.45, 2.75) is 83.7 Å². The molecule has 3 rings (SSSR count). The maximum absolute atomic E-state index is 11.0. The van der Waals surface area contributed by atoms with Crippen molar-refractivity contribution in [3.8, 4) is 5.75 Å². The van der Waals surface area contributed by atoms with E-state index in [1.165, 1.54) is 81.9 Å². The fraction of sp³-hybridized carbons (Fsp3) is 0.538. The highest BCUT2D eigenvalue weighted by Gasteiger charge is 2.22. The Labute approximate surface area is 195 Å². The molecule has 1 aliphatic rings. The van der Waals surface area contributed by atoms with Gasteiger partial charge in [-0.15, -0.1) is 0 Å². The number of rotatable bonds is 12. The Hall–Kier alpha value is -2.96. The molecule has 1 aliphatic carbocycles. The molecule has 0 atom stereocenters. The molecule has 0 amide bonds. The van der Waals surface area contributed by atoms with E-state index >= 15 is 0 Å². The molecule has 1 fully saturated rings. The van der Waals surface area contributed by atoms with Gasteiger partial charge in [-0.25, -0.2) is 0 Å². The zero-order chi connectivity index (χ0) is 23.6. The van der Waals surface area contributed by atoms with Gasteiger partial charge in [-0.2, -0.15) is 0 Å². The summed E-state index contributed by atoms with van der Waals surface area (Å²) in [4.78, 5) is 20.8. The topological polar surface area (TPSA) is 95.5 Å². The van der Waals surface area contributed by atoms with E-state index < -0.39 is 9.85 Å². The van der Waals surface area contributed by atoms with E-state index in [4.69, 9.17) is 4.74 Å². The standard InChI is InChI=1S/C26H34N2O5/c1-2-3-4-5-6-7-20-8-10-22(11-9-20)23-12-14-26(15-13-23)33-19-21-16-24(27(29)30)18-25(17-21)28(31)32/h12-18,20,22H,2-11,19H2,1H3. The molecule has 0 unspecified atom stereocenters. The van der Waals surface area contributed by atoms with Gasteiger partial charge in [-0.3, -0.25) is 20.2 Å². The van der Waals surface area contributed by atoms with Crippen molar-refractivity contribution in [2.75, 3.05) is 0 Å². The van der Waals surface area contributed by atoms with Crippen molar-refractivity contribution in [3.05, 3.63) is 73.8 Å². The lowest BCUT2D eigenvalue weighted by Crippen LogP contribution is -2.13. The van der Waals surface area contributed by atoms with Gasteiger partial charge < -0.3 is 4.74 Å². The van der Waals surface area contributed by atoms with E-state index in [1.807, 2.05) is 12.1 Å². The molecule has 0 N–H and O–H groups in total. The highest BCUT2D eigenvalue weighted by atomic mass is 16.6. The van der Waals surface area contributed by atoms with Crippen molar-refractivity contribution < 1.29 is 14.6 Å². The second-order valence-electron chi connectivity index (χ2n) is 9.15. The van der Waals surface area contributed by atoms with Crippen LogP contribution in [-0.4, -0.2) is 9.85 Å². The average molecular weight is 455 g/mol. The van der Waals surface area contributed by atoms with Crippen LogP contribution in [0.15, 0.2) is 42.5 Å². The van der Waals surface area contributed by atoms with Crippen LogP contribution in [0.1, 0.15) is 88.2 Å². The lowest BCUT2D eigenvalue weighted by molar-refractivity contribution is -0.394. The first-order valence-electron chi connectivity index (χ1n) is 12.1. The fourth-order valence-corrected chi connectivity index (χ4v) is 4.77. The molecular formula is C26H34N2O5. The third kappa shape index (κ3) is 7.55. The van der Waals surface area contributed by atoms with Crippen LogP contribution in [0.2, 0.25) is 0 Å². The number of nitro groups is 2. The molecule has 0 spiro atoms. The molecule has 0 saturated heterocycles. The monoisotopic (exact) mass is 454 g/mol. The molecule has 7 heteroatoms. The summed E-state index contributed by atoms with van der Waals surface area (Å²) in [6, 6.07) is 11.6. The van der Waals surface area contributed by atoms with Crippen molar-refractivity contribution >= 4 is 11.4 Å². The molecule has 2 aromatic carbocycles. The van der Waals surface area contributed by atoms with Gasteiger partial charge >= 0.3 is 0 Å². The quantitative estimate of drug-likeness (QED) is 0.186. The van der Waals surface area contributed by atoms with Crippen molar-refractivity contribution in [1.82, 2.24) is 0 Å². The van der Waals surface area contributed by atoms with E-state index in [1.54, 1.807) is 0 Å². The maximum Gasteiger partial charge on any atom is 0.276 e. The van der Waals surface area contributed by atoms with Gasteiger partial charge in [0, 0.05) is 17.7 Å². The molecule has 0 aliphatic heterocycles. The zero-order valence-corrected chi connectivity index (χ0v) is 19.4. The highest BCUT2D eigenvalue weighted by molar-refractivity contribution is 5.46. The molecule has 7 nitrogen and oxygen atoms in total. The minimum absolute atomic E-state index is 0.0330. The Balaban J connectivity index is 1.48. The fourth-order valence-electron chi connectivity index (χ4n) is 4.77. The molecule has 1 saturated carbocycles. The van der Waals surface area contributed by atoms with E-state index in [-0.39, 0.29) is 18.0 Å². The SMILES string of the molecule is CCCCCCCC1CCC(c2ccc(OCc3cc([N+](=O)[O-])cc([N+](=O)[O-])c3)cc2)CC1. The van der Waals surface area contributed by atoms with E-state index in [9.17, 15) is 20.2 Å². The van der Waals surface area contributed by atoms with Gasteiger partial charge in [0.25, 0.3) is 11.4 Å². The normalized spacial score (nSPS) is 18.1. The van der Waals surface area contributed by atoms with Crippen molar-refractivity contribution in [1.29, 1.82) is 0 Å². The Morgan fingerprint density at radius 3 is 2.03 bits per heavy atom. The lowest BCUT2D eigenvalue weighted by Gasteiger charge is -2.29. The molecule has 2 aromatic rings. The minimum atomic E-state index is -0.632. The summed E-state index contributed by atoms with van der Waals surface area (Å²) in [5, 5.41) is 22.1. The largest absolute Gasteiger partial charge is 0.489 e. The molecule has 33 heavy (non-hydrogen) atoms. The predicted octanol–water partition coefficient (Wildman–Crippen LogP) is 7.72. The Morgan fingerprint density at radius 2 is 1.45 bits per heavy atom. The maximum atomic E-state index is 11.0. The van der Waals surface area contributed by atoms with E-state index in [0.717, 1.165) is 12.0 Å². The third-order valence-corrected chi connectivity index (χ3v) is 6.70. The number of nitrogens with zero attached hydrogens (tertiary/aromatic N) is 2. The average Bonchev–Trinajstić information content (AvgIpc) is 2.83. The Bertz CT molecular complexity index is 889. The predicted molar refractivity (Wildman–Crippen MR) is 129 cm³/mol. The van der Waals surface area contributed by atoms with Crippen LogP contribution in [0, 0.1) is 26.1 Å². The summed E-state index contributed by atoms with van der Waals surface area (Å²) in [5.74, 6) is 2.12. The Morgan fingerprint density at radius 1 is 0.848 bits per heavy atom. The van der Waals surface area contributed by atoms with Gasteiger partial charge in [0.05, 0.1) is 15.9 Å².